The predicted molar refractivity (Wildman–Crippen MR) is 220 cm³/mol. The SMILES string of the molecule is CC(C)C[C@H](NC(=O)[C@H](Cc1ccc(O)cc1)NC(=O)[C@@H](N)CCCCN)C(=O)N[C@@H](CC(C)C)C(=O)N[C@H](C(=O)N1CCC[C@H]1C(=O)N[C@H](C(=O)O)C(C)C)[C@@H](C)O. The Bertz CT molecular complexity index is 1570. The summed E-state index contributed by atoms with van der Waals surface area (Å²) < 4.78 is 0. The Labute approximate surface area is 347 Å². The molecule has 1 saturated heterocycles. The third kappa shape index (κ3) is 16.4. The highest BCUT2D eigenvalue weighted by atomic mass is 16.4. The van der Waals surface area contributed by atoms with Crippen molar-refractivity contribution in [3.8, 4) is 5.75 Å². The van der Waals surface area contributed by atoms with Crippen molar-refractivity contribution in [3.63, 3.8) is 0 Å². The number of aromatic hydroxyl groups is 1. The van der Waals surface area contributed by atoms with Gasteiger partial charge in [0.25, 0.3) is 0 Å². The lowest BCUT2D eigenvalue weighted by Gasteiger charge is -2.32. The molecule has 18 nitrogen and oxygen atoms in total. The van der Waals surface area contributed by atoms with Crippen LogP contribution in [0, 0.1) is 17.8 Å². The molecular weight excluding hydrogens is 764 g/mol. The average Bonchev–Trinajstić information content (AvgIpc) is 3.65. The number of aliphatic hydroxyl groups excluding tert-OH is 1. The van der Waals surface area contributed by atoms with E-state index in [1.165, 1.54) is 24.0 Å². The number of unbranched alkanes of at least 4 members (excludes halogenated alkanes) is 1. The van der Waals surface area contributed by atoms with E-state index in [2.05, 4.69) is 26.6 Å². The van der Waals surface area contributed by atoms with Crippen LogP contribution in [0.4, 0.5) is 0 Å². The Morgan fingerprint density at radius 1 is 0.746 bits per heavy atom. The molecule has 332 valence electrons. The highest BCUT2D eigenvalue weighted by Crippen LogP contribution is 2.21. The number of hydrogen-bond acceptors (Lipinski definition) is 11. The van der Waals surface area contributed by atoms with Gasteiger partial charge in [0.05, 0.1) is 12.1 Å². The van der Waals surface area contributed by atoms with E-state index in [-0.39, 0.29) is 49.8 Å². The Hall–Kier alpha value is -4.81. The summed E-state index contributed by atoms with van der Waals surface area (Å²) in [7, 11) is 0. The van der Waals surface area contributed by atoms with Gasteiger partial charge in [0.15, 0.2) is 0 Å². The van der Waals surface area contributed by atoms with Gasteiger partial charge in [-0.25, -0.2) is 4.79 Å². The summed E-state index contributed by atoms with van der Waals surface area (Å²) in [5.41, 5.74) is 12.3. The summed E-state index contributed by atoms with van der Waals surface area (Å²) in [5, 5.41) is 43.3. The normalized spacial score (nSPS) is 17.6. The molecule has 0 radical (unpaired) electrons. The number of likely N-dealkylation sites (tertiary alicyclic amines) is 1. The van der Waals surface area contributed by atoms with Crippen molar-refractivity contribution in [3.05, 3.63) is 29.8 Å². The molecule has 2 rings (SSSR count). The molecule has 0 aromatic heterocycles. The summed E-state index contributed by atoms with van der Waals surface area (Å²) in [4.78, 5) is 95.0. The summed E-state index contributed by atoms with van der Waals surface area (Å²) in [6.45, 7) is 12.5. The van der Waals surface area contributed by atoms with Gasteiger partial charge in [-0.05, 0) is 87.4 Å². The van der Waals surface area contributed by atoms with Crippen molar-refractivity contribution < 1.29 is 48.9 Å². The highest BCUT2D eigenvalue weighted by Gasteiger charge is 2.41. The number of benzene rings is 1. The van der Waals surface area contributed by atoms with Gasteiger partial charge in [-0.3, -0.25) is 28.8 Å². The minimum atomic E-state index is -1.51. The molecule has 59 heavy (non-hydrogen) atoms. The Morgan fingerprint density at radius 2 is 1.27 bits per heavy atom. The predicted octanol–water partition coefficient (Wildman–Crippen LogP) is 0.0196. The maximum absolute atomic E-state index is 14.0. The molecule has 12 N–H and O–H groups in total. The van der Waals surface area contributed by atoms with Gasteiger partial charge in [0.1, 0.15) is 42.0 Å². The Balaban J connectivity index is 2.32. The first-order chi connectivity index (χ1) is 27.7. The zero-order valence-corrected chi connectivity index (χ0v) is 35.5. The fourth-order valence-corrected chi connectivity index (χ4v) is 6.83. The lowest BCUT2D eigenvalue weighted by atomic mass is 9.98. The van der Waals surface area contributed by atoms with Crippen LogP contribution in [0.2, 0.25) is 0 Å². The molecule has 1 aromatic rings. The minimum absolute atomic E-state index is 0.00787. The number of carbonyl (C=O) groups excluding carboxylic acids is 6. The van der Waals surface area contributed by atoms with E-state index < -0.39 is 95.7 Å². The van der Waals surface area contributed by atoms with E-state index in [4.69, 9.17) is 11.5 Å². The zero-order chi connectivity index (χ0) is 44.6. The molecular formula is C41H68N8O10. The molecule has 0 aliphatic carbocycles. The first kappa shape index (κ1) is 50.3. The largest absolute Gasteiger partial charge is 0.508 e. The molecule has 0 saturated carbocycles. The standard InChI is InChI=1S/C41H68N8O10/c1-22(2)19-29(45-37(54)31(21-26-13-15-27(51)16-14-26)44-35(52)28(43)11-8-9-17-42)36(53)46-30(20-23(3)4)38(55)48-34(25(7)50)40(57)49-18-10-12-32(49)39(56)47-33(24(5)6)41(58)59/h13-16,22-25,28-34,50-51H,8-12,17-21,42-43H2,1-7H3,(H,44,52)(H,45,54)(H,46,53)(H,47,56)(H,48,55)(H,58,59)/t25-,28+,29+,30+,31+,32+,33+,34+/m1/s1. The van der Waals surface area contributed by atoms with Crippen LogP contribution in [0.25, 0.3) is 0 Å². The molecule has 1 fully saturated rings. The van der Waals surface area contributed by atoms with Crippen LogP contribution in [0.1, 0.15) is 99.0 Å². The smallest absolute Gasteiger partial charge is 0.326 e. The number of amides is 6. The lowest BCUT2D eigenvalue weighted by Crippen LogP contribution is -2.61. The Morgan fingerprint density at radius 3 is 1.76 bits per heavy atom. The molecule has 1 aliphatic heterocycles. The number of carbonyl (C=O) groups is 7. The first-order valence-corrected chi connectivity index (χ1v) is 20.6. The van der Waals surface area contributed by atoms with Crippen LogP contribution in [0.5, 0.6) is 5.75 Å². The summed E-state index contributed by atoms with van der Waals surface area (Å²) in [5.74, 6) is -6.03. The number of rotatable bonds is 24. The maximum atomic E-state index is 14.0. The molecule has 6 amide bonds. The number of nitrogens with one attached hydrogen (secondary N) is 5. The number of nitrogens with zero attached hydrogens (tertiary/aromatic N) is 1. The second kappa shape index (κ2) is 24.3. The van der Waals surface area contributed by atoms with Gasteiger partial charge in [-0.2, -0.15) is 0 Å². The molecule has 8 atom stereocenters. The topological polar surface area (TPSA) is 296 Å². The van der Waals surface area contributed by atoms with E-state index >= 15 is 0 Å². The number of carboxylic acids is 1. The van der Waals surface area contributed by atoms with Gasteiger partial charge in [-0.1, -0.05) is 60.1 Å². The van der Waals surface area contributed by atoms with E-state index in [1.807, 2.05) is 27.7 Å². The first-order valence-electron chi connectivity index (χ1n) is 20.6. The minimum Gasteiger partial charge on any atom is -0.508 e. The van der Waals surface area contributed by atoms with Gasteiger partial charge in [0.2, 0.25) is 35.4 Å². The number of carboxylic acid groups (broad SMARTS) is 1. The molecule has 1 aromatic carbocycles. The van der Waals surface area contributed by atoms with E-state index in [9.17, 15) is 48.9 Å². The van der Waals surface area contributed by atoms with Crippen molar-refractivity contribution in [1.82, 2.24) is 31.5 Å². The summed E-state index contributed by atoms with van der Waals surface area (Å²) in [6, 6.07) is -2.11. The number of aliphatic hydroxyl groups is 1. The van der Waals surface area contributed by atoms with E-state index in [1.54, 1.807) is 26.0 Å². The number of aliphatic carboxylic acids is 1. The molecule has 1 aliphatic rings. The fourth-order valence-electron chi connectivity index (χ4n) is 6.83. The third-order valence-electron chi connectivity index (χ3n) is 10.1. The Kier molecular flexibility index (Phi) is 20.7. The van der Waals surface area contributed by atoms with Crippen LogP contribution < -0.4 is 38.1 Å². The van der Waals surface area contributed by atoms with Gasteiger partial charge >= 0.3 is 5.97 Å². The van der Waals surface area contributed by atoms with E-state index in [0.717, 1.165) is 0 Å². The van der Waals surface area contributed by atoms with Crippen LogP contribution in [-0.2, 0) is 40.0 Å². The molecule has 18 heteroatoms. The molecule has 0 bridgehead atoms. The summed E-state index contributed by atoms with van der Waals surface area (Å²) in [6.07, 6.45) is 1.15. The van der Waals surface area contributed by atoms with Crippen molar-refractivity contribution in [2.45, 2.75) is 148 Å². The number of nitrogens with two attached hydrogens (primary N) is 2. The molecule has 0 unspecified atom stereocenters. The average molecular weight is 833 g/mol. The fraction of sp³-hybridized carbons (Fsp3) is 0.683. The second-order valence-electron chi connectivity index (χ2n) is 16.7. The number of phenolic OH excluding ortho intramolecular Hbond substituents is 1. The number of phenols is 1. The van der Waals surface area contributed by atoms with Crippen molar-refractivity contribution >= 4 is 41.4 Å². The van der Waals surface area contributed by atoms with Crippen molar-refractivity contribution in [1.29, 1.82) is 0 Å². The lowest BCUT2D eigenvalue weighted by molar-refractivity contribution is -0.146. The van der Waals surface area contributed by atoms with Gasteiger partial charge in [-0.15, -0.1) is 0 Å². The zero-order valence-electron chi connectivity index (χ0n) is 35.5. The highest BCUT2D eigenvalue weighted by molar-refractivity contribution is 5.97. The van der Waals surface area contributed by atoms with Crippen LogP contribution in [0.3, 0.4) is 0 Å². The monoisotopic (exact) mass is 833 g/mol. The second-order valence-corrected chi connectivity index (χ2v) is 16.7. The third-order valence-corrected chi connectivity index (χ3v) is 10.1. The number of hydrogen-bond donors (Lipinski definition) is 10. The maximum Gasteiger partial charge on any atom is 0.326 e. The quantitative estimate of drug-likeness (QED) is 0.0617. The summed E-state index contributed by atoms with van der Waals surface area (Å²) >= 11 is 0. The molecule has 1 heterocycles. The molecule has 0 spiro atoms. The van der Waals surface area contributed by atoms with Crippen molar-refractivity contribution in [2.75, 3.05) is 13.1 Å². The van der Waals surface area contributed by atoms with Crippen LogP contribution in [-0.4, -0.2) is 123 Å². The van der Waals surface area contributed by atoms with Crippen LogP contribution >= 0.6 is 0 Å². The van der Waals surface area contributed by atoms with E-state index in [0.29, 0.717) is 37.8 Å². The van der Waals surface area contributed by atoms with Crippen molar-refractivity contribution in [2.24, 2.45) is 29.2 Å². The van der Waals surface area contributed by atoms with Crippen LogP contribution in [0.15, 0.2) is 24.3 Å². The van der Waals surface area contributed by atoms with Gasteiger partial charge < -0.3 is 58.3 Å². The van der Waals surface area contributed by atoms with Gasteiger partial charge in [0, 0.05) is 13.0 Å².